The molecule has 0 unspecified atom stereocenters. The van der Waals surface area contributed by atoms with Crippen LogP contribution in [0.25, 0.3) is 0 Å². The quantitative estimate of drug-likeness (QED) is 0.179. The van der Waals surface area contributed by atoms with Crippen LogP contribution in [0.4, 0.5) is 0 Å². The van der Waals surface area contributed by atoms with Gasteiger partial charge in [0, 0.05) is 6.42 Å². The Kier molecular flexibility index (Phi) is 23.0. The van der Waals surface area contributed by atoms with Crippen molar-refractivity contribution < 1.29 is 9.90 Å². The maximum atomic E-state index is 10.4. The van der Waals surface area contributed by atoms with Gasteiger partial charge in [-0.1, -0.05) is 142 Å². The van der Waals surface area contributed by atoms with Crippen LogP contribution in [0.5, 0.6) is 0 Å². The molecule has 2 nitrogen and oxygen atoms in total. The molecule has 0 rings (SSSR count). The first-order valence-corrected chi connectivity index (χ1v) is 12.5. The Labute approximate surface area is 170 Å². The molecule has 0 fully saturated rings. The Morgan fingerprint density at radius 3 is 0.889 bits per heavy atom. The Bertz CT molecular complexity index is 288. The third-order valence-electron chi connectivity index (χ3n) is 5.74. The lowest BCUT2D eigenvalue weighted by molar-refractivity contribution is -0.137. The minimum absolute atomic E-state index is 0.346. The number of carboxylic acid groups (broad SMARTS) is 1. The molecule has 0 aromatic rings. The highest BCUT2D eigenvalue weighted by Gasteiger charge is 1.97. The van der Waals surface area contributed by atoms with Crippen molar-refractivity contribution in [1.82, 2.24) is 0 Å². The molecule has 0 radical (unpaired) electrons. The van der Waals surface area contributed by atoms with Gasteiger partial charge >= 0.3 is 5.97 Å². The van der Waals surface area contributed by atoms with Gasteiger partial charge in [-0.2, -0.15) is 0 Å². The van der Waals surface area contributed by atoms with Crippen LogP contribution in [-0.4, -0.2) is 11.1 Å². The summed E-state index contributed by atoms with van der Waals surface area (Å²) in [4.78, 5) is 10.4. The largest absolute Gasteiger partial charge is 0.481 e. The fourth-order valence-electron chi connectivity index (χ4n) is 3.88. The molecule has 0 aliphatic carbocycles. The summed E-state index contributed by atoms with van der Waals surface area (Å²) in [5, 5.41) is 8.58. The summed E-state index contributed by atoms with van der Waals surface area (Å²) >= 11 is 0. The van der Waals surface area contributed by atoms with E-state index < -0.39 is 5.97 Å². The number of unbranched alkanes of at least 4 members (excludes halogenated alkanes) is 21. The van der Waals surface area contributed by atoms with Crippen molar-refractivity contribution in [1.29, 1.82) is 0 Å². The van der Waals surface area contributed by atoms with Crippen LogP contribution in [0.2, 0.25) is 0 Å². The summed E-state index contributed by atoms with van der Waals surface area (Å²) in [5.74, 6) is -0.650. The topological polar surface area (TPSA) is 37.3 Å². The average Bonchev–Trinajstić information content (AvgIpc) is 2.65. The van der Waals surface area contributed by atoms with Gasteiger partial charge in [-0.3, -0.25) is 4.79 Å². The average molecular weight is 383 g/mol. The predicted octanol–water partition coefficient (Wildman–Crippen LogP) is 9.06. The molecule has 2 heteroatoms. The van der Waals surface area contributed by atoms with Crippen LogP contribution in [0.15, 0.2) is 0 Å². The number of rotatable bonds is 23. The van der Waals surface area contributed by atoms with Crippen LogP contribution >= 0.6 is 0 Å². The van der Waals surface area contributed by atoms with E-state index in [9.17, 15) is 4.79 Å². The Hall–Kier alpha value is -0.530. The summed E-state index contributed by atoms with van der Waals surface area (Å²) in [5.41, 5.74) is 0. The molecule has 0 bridgehead atoms. The summed E-state index contributed by atoms with van der Waals surface area (Å²) in [7, 11) is 0. The van der Waals surface area contributed by atoms with Gasteiger partial charge in [0.1, 0.15) is 0 Å². The molecule has 162 valence electrons. The van der Waals surface area contributed by atoms with Gasteiger partial charge in [-0.05, 0) is 6.42 Å². The highest BCUT2D eigenvalue weighted by Crippen LogP contribution is 2.15. The van der Waals surface area contributed by atoms with Crippen molar-refractivity contribution in [2.24, 2.45) is 0 Å². The van der Waals surface area contributed by atoms with Gasteiger partial charge in [0.15, 0.2) is 0 Å². The lowest BCUT2D eigenvalue weighted by atomic mass is 10.0. The van der Waals surface area contributed by atoms with Crippen molar-refractivity contribution in [3.8, 4) is 0 Å². The second-order valence-electron chi connectivity index (χ2n) is 8.57. The Morgan fingerprint density at radius 2 is 0.667 bits per heavy atom. The molecule has 1 N–H and O–H groups in total. The van der Waals surface area contributed by atoms with E-state index in [1.165, 1.54) is 128 Å². The fourth-order valence-corrected chi connectivity index (χ4v) is 3.88. The summed E-state index contributed by atoms with van der Waals surface area (Å²) in [6.45, 7) is 2.29. The normalized spacial score (nSPS) is 11.1. The van der Waals surface area contributed by atoms with Gasteiger partial charge in [0.2, 0.25) is 0 Å². The molecule has 0 atom stereocenters. The molecular weight excluding hydrogens is 332 g/mol. The number of hydrogen-bond donors (Lipinski definition) is 1. The second-order valence-corrected chi connectivity index (χ2v) is 8.57. The van der Waals surface area contributed by atoms with E-state index in [2.05, 4.69) is 6.92 Å². The summed E-state index contributed by atoms with van der Waals surface area (Å²) < 4.78 is 0. The van der Waals surface area contributed by atoms with E-state index in [1.54, 1.807) is 0 Å². The van der Waals surface area contributed by atoms with E-state index in [0.717, 1.165) is 12.8 Å². The lowest BCUT2D eigenvalue weighted by Crippen LogP contribution is -1.93. The van der Waals surface area contributed by atoms with Gasteiger partial charge in [0.05, 0.1) is 0 Å². The van der Waals surface area contributed by atoms with Gasteiger partial charge < -0.3 is 5.11 Å². The SMILES string of the molecule is CCCCCCCCCCCCCCCCCCCCCCCCC(=O)O. The standard InChI is InChI=1S/C25H50O2/c1-2-3-4-5-6-7-8-9-10-11-12-13-14-15-16-17-18-19-20-21-22-23-24-25(26)27/h2-24H2,1H3,(H,26,27). The minimum atomic E-state index is -0.650. The number of carboxylic acids is 1. The Balaban J connectivity index is 2.98. The molecule has 0 aliphatic heterocycles. The minimum Gasteiger partial charge on any atom is -0.481 e. The molecule has 0 aromatic carbocycles. The van der Waals surface area contributed by atoms with Crippen molar-refractivity contribution in [3.05, 3.63) is 0 Å². The molecule has 0 spiro atoms. The second kappa shape index (κ2) is 23.5. The molecule has 0 heterocycles. The van der Waals surface area contributed by atoms with Crippen molar-refractivity contribution in [2.75, 3.05) is 0 Å². The smallest absolute Gasteiger partial charge is 0.303 e. The van der Waals surface area contributed by atoms with Gasteiger partial charge in [-0.25, -0.2) is 0 Å². The zero-order valence-electron chi connectivity index (χ0n) is 18.6. The van der Waals surface area contributed by atoms with Crippen molar-refractivity contribution in [3.63, 3.8) is 0 Å². The van der Waals surface area contributed by atoms with E-state index in [0.29, 0.717) is 6.42 Å². The summed E-state index contributed by atoms with van der Waals surface area (Å²) in [6, 6.07) is 0. The van der Waals surface area contributed by atoms with Crippen LogP contribution in [0, 0.1) is 0 Å². The van der Waals surface area contributed by atoms with Crippen LogP contribution in [0.3, 0.4) is 0 Å². The molecule has 0 aromatic heterocycles. The Morgan fingerprint density at radius 1 is 0.444 bits per heavy atom. The fraction of sp³-hybridized carbons (Fsp3) is 0.960. The molecule has 0 saturated heterocycles. The molecule has 27 heavy (non-hydrogen) atoms. The summed E-state index contributed by atoms with van der Waals surface area (Å²) in [6.07, 6.45) is 30.5. The van der Waals surface area contributed by atoms with E-state index in [-0.39, 0.29) is 0 Å². The zero-order valence-corrected chi connectivity index (χ0v) is 18.6. The first-order valence-electron chi connectivity index (χ1n) is 12.5. The van der Waals surface area contributed by atoms with Gasteiger partial charge in [0.25, 0.3) is 0 Å². The molecule has 0 amide bonds. The maximum absolute atomic E-state index is 10.4. The van der Waals surface area contributed by atoms with E-state index in [4.69, 9.17) is 5.11 Å². The lowest BCUT2D eigenvalue weighted by Gasteiger charge is -2.04. The maximum Gasteiger partial charge on any atom is 0.303 e. The number of carbonyl (C=O) groups is 1. The first-order chi connectivity index (χ1) is 13.3. The van der Waals surface area contributed by atoms with Gasteiger partial charge in [-0.15, -0.1) is 0 Å². The van der Waals surface area contributed by atoms with Crippen LogP contribution in [-0.2, 0) is 4.79 Å². The monoisotopic (exact) mass is 382 g/mol. The van der Waals surface area contributed by atoms with Crippen molar-refractivity contribution in [2.45, 2.75) is 155 Å². The zero-order chi connectivity index (χ0) is 19.8. The van der Waals surface area contributed by atoms with E-state index >= 15 is 0 Å². The predicted molar refractivity (Wildman–Crippen MR) is 120 cm³/mol. The molecular formula is C25H50O2. The van der Waals surface area contributed by atoms with Crippen LogP contribution in [0.1, 0.15) is 155 Å². The van der Waals surface area contributed by atoms with E-state index in [1.807, 2.05) is 0 Å². The number of hydrogen-bond acceptors (Lipinski definition) is 1. The van der Waals surface area contributed by atoms with Crippen molar-refractivity contribution >= 4 is 5.97 Å². The highest BCUT2D eigenvalue weighted by molar-refractivity contribution is 5.66. The molecule has 0 aliphatic rings. The molecule has 0 saturated carbocycles. The third kappa shape index (κ3) is 25.5. The van der Waals surface area contributed by atoms with Crippen LogP contribution < -0.4 is 0 Å². The third-order valence-corrected chi connectivity index (χ3v) is 5.74. The highest BCUT2D eigenvalue weighted by atomic mass is 16.4. The number of aliphatic carboxylic acids is 1. The first kappa shape index (κ1) is 26.5.